The van der Waals surface area contributed by atoms with E-state index in [0.29, 0.717) is 12.1 Å². The van der Waals surface area contributed by atoms with Crippen molar-refractivity contribution in [3.8, 4) is 0 Å². The maximum atomic E-state index is 12.7. The quantitative estimate of drug-likeness (QED) is 0.512. The number of aromatic amines is 1. The average Bonchev–Trinajstić information content (AvgIpc) is 3.10. The molecule has 7 nitrogen and oxygen atoms in total. The van der Waals surface area contributed by atoms with Crippen molar-refractivity contribution in [3.63, 3.8) is 0 Å². The number of H-pyrrole nitrogens is 1. The van der Waals surface area contributed by atoms with Gasteiger partial charge in [-0.25, -0.2) is 9.48 Å². The van der Waals surface area contributed by atoms with Crippen molar-refractivity contribution in [2.24, 2.45) is 0 Å². The Balaban J connectivity index is 1.75. The number of carbonyl (C=O) groups excluding carboxylic acids is 2. The minimum absolute atomic E-state index is 0.00396. The molecule has 0 aliphatic carbocycles. The third kappa shape index (κ3) is 3.97. The van der Waals surface area contributed by atoms with Gasteiger partial charge in [-0.15, -0.1) is 0 Å². The van der Waals surface area contributed by atoms with Crippen molar-refractivity contribution in [2.45, 2.75) is 39.3 Å². The lowest BCUT2D eigenvalue weighted by Crippen LogP contribution is -2.28. The number of unbranched alkanes of at least 4 members (excludes halogenated alkanes) is 1. The predicted octanol–water partition coefficient (Wildman–Crippen LogP) is 2.95. The van der Waals surface area contributed by atoms with Crippen LogP contribution in [-0.4, -0.2) is 32.6 Å². The number of nitrogens with one attached hydrogen (secondary N) is 1. The molecular weight excluding hydrogens is 346 g/mol. The molecule has 1 N–H and O–H groups in total. The number of para-hydroxylation sites is 1. The summed E-state index contributed by atoms with van der Waals surface area (Å²) in [6, 6.07) is 10.0. The SMILES string of the molecule is CCCCn1nc(C(=O)O[C@@H](C)C(=O)c2c[nH]c3ccccc23)ccc1=O. The van der Waals surface area contributed by atoms with Crippen LogP contribution in [0.15, 0.2) is 47.4 Å². The van der Waals surface area contributed by atoms with Crippen LogP contribution in [-0.2, 0) is 11.3 Å². The highest BCUT2D eigenvalue weighted by Gasteiger charge is 2.23. The minimum Gasteiger partial charge on any atom is -0.449 e. The first-order valence-corrected chi connectivity index (χ1v) is 8.90. The summed E-state index contributed by atoms with van der Waals surface area (Å²) in [5.74, 6) is -1.04. The molecular formula is C20H21N3O4. The largest absolute Gasteiger partial charge is 0.449 e. The van der Waals surface area contributed by atoms with Crippen LogP contribution in [0.5, 0.6) is 0 Å². The first-order valence-electron chi connectivity index (χ1n) is 8.90. The smallest absolute Gasteiger partial charge is 0.359 e. The molecule has 2 heterocycles. The van der Waals surface area contributed by atoms with Gasteiger partial charge in [0.15, 0.2) is 11.8 Å². The van der Waals surface area contributed by atoms with E-state index in [9.17, 15) is 14.4 Å². The van der Waals surface area contributed by atoms with Gasteiger partial charge in [0.25, 0.3) is 5.56 Å². The number of esters is 1. The third-order valence-electron chi connectivity index (χ3n) is 4.31. The Kier molecular flexibility index (Phi) is 5.49. The molecule has 0 aliphatic rings. The molecule has 0 aliphatic heterocycles. The number of aromatic nitrogens is 3. The maximum Gasteiger partial charge on any atom is 0.359 e. The molecule has 1 atom stereocenters. The van der Waals surface area contributed by atoms with Crippen molar-refractivity contribution >= 4 is 22.7 Å². The van der Waals surface area contributed by atoms with E-state index < -0.39 is 12.1 Å². The van der Waals surface area contributed by atoms with Crippen LogP contribution < -0.4 is 5.56 Å². The molecule has 0 fully saturated rings. The number of benzene rings is 1. The summed E-state index contributed by atoms with van der Waals surface area (Å²) in [4.78, 5) is 39.9. The Morgan fingerprint density at radius 2 is 2.00 bits per heavy atom. The van der Waals surface area contributed by atoms with Crippen molar-refractivity contribution in [1.82, 2.24) is 14.8 Å². The van der Waals surface area contributed by atoms with Gasteiger partial charge < -0.3 is 9.72 Å². The molecule has 140 valence electrons. The number of ketones is 1. The molecule has 3 aromatic rings. The van der Waals surface area contributed by atoms with E-state index in [-0.39, 0.29) is 17.0 Å². The number of rotatable bonds is 7. The standard InChI is InChI=1S/C20H21N3O4/c1-3-4-11-23-18(24)10-9-17(22-23)20(26)27-13(2)19(25)15-12-21-16-8-6-5-7-14(15)16/h5-10,12-13,21H,3-4,11H2,1-2H3/t13-/m0/s1. The summed E-state index contributed by atoms with van der Waals surface area (Å²) in [6.07, 6.45) is 2.31. The van der Waals surface area contributed by atoms with E-state index in [0.717, 1.165) is 23.7 Å². The van der Waals surface area contributed by atoms with E-state index in [1.54, 1.807) is 6.20 Å². The van der Waals surface area contributed by atoms with Gasteiger partial charge >= 0.3 is 5.97 Å². The van der Waals surface area contributed by atoms with E-state index in [1.165, 1.54) is 23.7 Å². The number of hydrogen-bond donors (Lipinski definition) is 1. The second-order valence-electron chi connectivity index (χ2n) is 6.29. The Labute approximate surface area is 156 Å². The topological polar surface area (TPSA) is 94.1 Å². The van der Waals surface area contributed by atoms with Gasteiger partial charge in [0, 0.05) is 35.3 Å². The highest BCUT2D eigenvalue weighted by molar-refractivity contribution is 6.10. The van der Waals surface area contributed by atoms with Crippen LogP contribution in [0.1, 0.15) is 47.5 Å². The predicted molar refractivity (Wildman–Crippen MR) is 101 cm³/mol. The van der Waals surface area contributed by atoms with Crippen LogP contribution >= 0.6 is 0 Å². The van der Waals surface area contributed by atoms with Gasteiger partial charge in [-0.2, -0.15) is 5.10 Å². The lowest BCUT2D eigenvalue weighted by atomic mass is 10.1. The second-order valence-corrected chi connectivity index (χ2v) is 6.29. The van der Waals surface area contributed by atoms with E-state index in [2.05, 4.69) is 10.1 Å². The summed E-state index contributed by atoms with van der Waals surface area (Å²) in [6.45, 7) is 3.95. The zero-order chi connectivity index (χ0) is 19.4. The fraction of sp³-hybridized carbons (Fsp3) is 0.300. The van der Waals surface area contributed by atoms with Gasteiger partial charge in [0.05, 0.1) is 0 Å². The summed E-state index contributed by atoms with van der Waals surface area (Å²) < 4.78 is 6.53. The van der Waals surface area contributed by atoms with Crippen LogP contribution in [0.3, 0.4) is 0 Å². The number of fused-ring (bicyclic) bond motifs is 1. The van der Waals surface area contributed by atoms with Crippen molar-refractivity contribution < 1.29 is 14.3 Å². The van der Waals surface area contributed by atoms with Gasteiger partial charge in [0.1, 0.15) is 0 Å². The number of Topliss-reactive ketones (excluding diaryl/α,β-unsaturated/α-hetero) is 1. The molecule has 0 saturated heterocycles. The maximum absolute atomic E-state index is 12.7. The number of hydrogen-bond acceptors (Lipinski definition) is 5. The van der Waals surface area contributed by atoms with Gasteiger partial charge in [-0.1, -0.05) is 31.5 Å². The fourth-order valence-electron chi connectivity index (χ4n) is 2.79. The number of carbonyl (C=O) groups is 2. The lowest BCUT2D eigenvalue weighted by molar-refractivity contribution is 0.0311. The Hall–Kier alpha value is -3.22. The molecule has 0 radical (unpaired) electrons. The molecule has 3 rings (SSSR count). The van der Waals surface area contributed by atoms with Crippen molar-refractivity contribution in [3.05, 3.63) is 64.2 Å². The van der Waals surface area contributed by atoms with E-state index in [1.807, 2.05) is 31.2 Å². The number of nitrogens with zero attached hydrogens (tertiary/aromatic N) is 2. The summed E-state index contributed by atoms with van der Waals surface area (Å²) in [5.41, 5.74) is 1.03. The average molecular weight is 367 g/mol. The molecule has 0 amide bonds. The van der Waals surface area contributed by atoms with Crippen molar-refractivity contribution in [2.75, 3.05) is 0 Å². The summed E-state index contributed by atoms with van der Waals surface area (Å²) in [5, 5.41) is 4.82. The molecule has 0 unspecified atom stereocenters. The first kappa shape index (κ1) is 18.6. The summed E-state index contributed by atoms with van der Waals surface area (Å²) in [7, 11) is 0. The number of ether oxygens (including phenoxy) is 1. The van der Waals surface area contributed by atoms with Crippen LogP contribution in [0, 0.1) is 0 Å². The Morgan fingerprint density at radius 1 is 1.22 bits per heavy atom. The molecule has 2 aromatic heterocycles. The van der Waals surface area contributed by atoms with Crippen molar-refractivity contribution in [1.29, 1.82) is 0 Å². The van der Waals surface area contributed by atoms with E-state index >= 15 is 0 Å². The lowest BCUT2D eigenvalue weighted by Gasteiger charge is -2.12. The van der Waals surface area contributed by atoms with E-state index in [4.69, 9.17) is 4.74 Å². The number of aryl methyl sites for hydroxylation is 1. The molecule has 0 spiro atoms. The molecule has 0 saturated carbocycles. The molecule has 1 aromatic carbocycles. The summed E-state index contributed by atoms with van der Waals surface area (Å²) >= 11 is 0. The normalized spacial score (nSPS) is 12.1. The molecule has 0 bridgehead atoms. The Morgan fingerprint density at radius 3 is 2.78 bits per heavy atom. The highest BCUT2D eigenvalue weighted by Crippen LogP contribution is 2.20. The molecule has 27 heavy (non-hydrogen) atoms. The minimum atomic E-state index is -0.977. The highest BCUT2D eigenvalue weighted by atomic mass is 16.5. The van der Waals surface area contributed by atoms with Crippen LogP contribution in [0.4, 0.5) is 0 Å². The zero-order valence-corrected chi connectivity index (χ0v) is 15.3. The van der Waals surface area contributed by atoms with Gasteiger partial charge in [-0.05, 0) is 25.5 Å². The van der Waals surface area contributed by atoms with Gasteiger partial charge in [-0.3, -0.25) is 9.59 Å². The zero-order valence-electron chi connectivity index (χ0n) is 15.3. The van der Waals surface area contributed by atoms with Crippen LogP contribution in [0.2, 0.25) is 0 Å². The van der Waals surface area contributed by atoms with Gasteiger partial charge in [0.2, 0.25) is 5.78 Å². The van der Waals surface area contributed by atoms with Crippen LogP contribution in [0.25, 0.3) is 10.9 Å². The Bertz CT molecular complexity index is 1030. The second kappa shape index (κ2) is 7.99. The fourth-order valence-corrected chi connectivity index (χ4v) is 2.79. The third-order valence-corrected chi connectivity index (χ3v) is 4.31. The monoisotopic (exact) mass is 367 g/mol. The molecule has 7 heteroatoms. The first-order chi connectivity index (χ1) is 13.0.